The molecule has 1 aliphatic carbocycles. The molecule has 1 saturated carbocycles. The van der Waals surface area contributed by atoms with Crippen LogP contribution in [0.15, 0.2) is 4.79 Å². The van der Waals surface area contributed by atoms with E-state index < -0.39 is 0 Å². The summed E-state index contributed by atoms with van der Waals surface area (Å²) in [5.74, 6) is 2.01. The van der Waals surface area contributed by atoms with E-state index in [0.29, 0.717) is 5.92 Å². The van der Waals surface area contributed by atoms with Gasteiger partial charge in [0.2, 0.25) is 5.95 Å². The van der Waals surface area contributed by atoms with Crippen molar-refractivity contribution in [2.45, 2.75) is 57.8 Å². The monoisotopic (exact) mass is 250 g/mol. The molecule has 0 aliphatic heterocycles. The van der Waals surface area contributed by atoms with Gasteiger partial charge < -0.3 is 5.73 Å². The molecule has 1 aliphatic rings. The third-order valence-corrected chi connectivity index (χ3v) is 3.89. The van der Waals surface area contributed by atoms with Crippen LogP contribution in [0.25, 0.3) is 0 Å². The number of unbranched alkanes of at least 4 members (excludes halogenated alkanes) is 1. The summed E-state index contributed by atoms with van der Waals surface area (Å²) in [6.07, 6.45) is 8.60. The molecule has 1 heterocycles. The first-order valence-corrected chi connectivity index (χ1v) is 6.92. The molecular formula is C13H22N4O. The average Bonchev–Trinajstić information content (AvgIpc) is 2.36. The summed E-state index contributed by atoms with van der Waals surface area (Å²) in [5.41, 5.74) is 5.13. The number of H-pyrrole nitrogens is 1. The fourth-order valence-electron chi connectivity index (χ4n) is 2.83. The lowest BCUT2D eigenvalue weighted by Gasteiger charge is -2.27. The Morgan fingerprint density at radius 2 is 2.00 bits per heavy atom. The molecule has 0 bridgehead atoms. The molecule has 0 unspecified atom stereocenters. The van der Waals surface area contributed by atoms with Crippen LogP contribution in [-0.4, -0.2) is 15.0 Å². The fraction of sp³-hybridized carbons (Fsp3) is 0.769. The van der Waals surface area contributed by atoms with Gasteiger partial charge in [-0.2, -0.15) is 9.97 Å². The number of rotatable bonds is 4. The summed E-state index contributed by atoms with van der Waals surface area (Å²) in [5, 5.41) is 0. The minimum Gasteiger partial charge on any atom is -0.368 e. The van der Waals surface area contributed by atoms with Crippen LogP contribution in [0.4, 0.5) is 5.95 Å². The maximum Gasteiger partial charge on any atom is 0.349 e. The van der Waals surface area contributed by atoms with Crippen molar-refractivity contribution in [1.82, 2.24) is 15.0 Å². The summed E-state index contributed by atoms with van der Waals surface area (Å²) in [6.45, 7) is 2.24. The number of nitrogens with zero attached hydrogens (tertiary/aromatic N) is 2. The molecule has 5 nitrogen and oxygen atoms in total. The second-order valence-electron chi connectivity index (χ2n) is 5.26. The predicted molar refractivity (Wildman–Crippen MR) is 71.3 cm³/mol. The van der Waals surface area contributed by atoms with Crippen LogP contribution in [0.5, 0.6) is 0 Å². The van der Waals surface area contributed by atoms with Crippen molar-refractivity contribution in [3.8, 4) is 0 Å². The van der Waals surface area contributed by atoms with Crippen LogP contribution in [0, 0.1) is 5.92 Å². The minimum absolute atomic E-state index is 0.0851. The van der Waals surface area contributed by atoms with Crippen molar-refractivity contribution in [3.05, 3.63) is 16.3 Å². The van der Waals surface area contributed by atoms with Crippen molar-refractivity contribution in [2.24, 2.45) is 5.92 Å². The number of nitrogens with two attached hydrogens (primary N) is 1. The number of anilines is 1. The van der Waals surface area contributed by atoms with E-state index in [2.05, 4.69) is 21.9 Å². The van der Waals surface area contributed by atoms with Crippen molar-refractivity contribution in [1.29, 1.82) is 0 Å². The Balaban J connectivity index is 1.94. The summed E-state index contributed by atoms with van der Waals surface area (Å²) >= 11 is 0. The minimum atomic E-state index is -0.384. The van der Waals surface area contributed by atoms with E-state index in [9.17, 15) is 4.79 Å². The van der Waals surface area contributed by atoms with Crippen molar-refractivity contribution < 1.29 is 0 Å². The number of hydrogen-bond acceptors (Lipinski definition) is 4. The molecule has 0 atom stereocenters. The molecule has 0 spiro atoms. The Kier molecular flexibility index (Phi) is 4.33. The summed E-state index contributed by atoms with van der Waals surface area (Å²) in [4.78, 5) is 21.7. The van der Waals surface area contributed by atoms with Crippen LogP contribution in [0.1, 0.15) is 63.6 Å². The summed E-state index contributed by atoms with van der Waals surface area (Å²) in [7, 11) is 0. The lowest BCUT2D eigenvalue weighted by molar-refractivity contribution is 0.298. The van der Waals surface area contributed by atoms with E-state index >= 15 is 0 Å². The molecule has 1 aromatic heterocycles. The molecule has 100 valence electrons. The van der Waals surface area contributed by atoms with E-state index in [0.717, 1.165) is 24.6 Å². The molecule has 5 heteroatoms. The number of hydrogen-bond donors (Lipinski definition) is 2. The maximum absolute atomic E-state index is 11.3. The Morgan fingerprint density at radius 3 is 2.61 bits per heavy atom. The Hall–Kier alpha value is -1.39. The SMILES string of the molecule is CCCCC1CCC(c2nc(N)nc(=O)[nH]2)CC1. The van der Waals surface area contributed by atoms with Crippen molar-refractivity contribution in [3.63, 3.8) is 0 Å². The molecule has 0 saturated heterocycles. The largest absolute Gasteiger partial charge is 0.368 e. The number of nitrogens with one attached hydrogen (secondary N) is 1. The van der Waals surface area contributed by atoms with Gasteiger partial charge in [-0.3, -0.25) is 4.98 Å². The maximum atomic E-state index is 11.3. The average molecular weight is 250 g/mol. The molecule has 0 amide bonds. The number of aromatic nitrogens is 3. The number of nitrogen functional groups attached to an aromatic ring is 1. The zero-order valence-electron chi connectivity index (χ0n) is 11.0. The van der Waals surface area contributed by atoms with Crippen LogP contribution >= 0.6 is 0 Å². The van der Waals surface area contributed by atoms with E-state index in [-0.39, 0.29) is 11.6 Å². The topological polar surface area (TPSA) is 84.7 Å². The molecule has 0 radical (unpaired) electrons. The van der Waals surface area contributed by atoms with E-state index in [4.69, 9.17) is 5.73 Å². The highest BCUT2D eigenvalue weighted by Crippen LogP contribution is 2.36. The summed E-state index contributed by atoms with van der Waals surface area (Å²) < 4.78 is 0. The molecule has 0 aromatic carbocycles. The Morgan fingerprint density at radius 1 is 1.28 bits per heavy atom. The normalized spacial score (nSPS) is 24.1. The number of aromatic amines is 1. The molecule has 3 N–H and O–H groups in total. The molecule has 18 heavy (non-hydrogen) atoms. The van der Waals surface area contributed by atoms with Gasteiger partial charge in [0, 0.05) is 5.92 Å². The first-order valence-electron chi connectivity index (χ1n) is 6.92. The van der Waals surface area contributed by atoms with Crippen LogP contribution in [0.3, 0.4) is 0 Å². The lowest BCUT2D eigenvalue weighted by Crippen LogP contribution is -2.22. The highest BCUT2D eigenvalue weighted by molar-refractivity contribution is 5.14. The van der Waals surface area contributed by atoms with Gasteiger partial charge in [0.25, 0.3) is 0 Å². The van der Waals surface area contributed by atoms with Gasteiger partial charge in [-0.15, -0.1) is 0 Å². The predicted octanol–water partition coefficient (Wildman–Crippen LogP) is 2.21. The van der Waals surface area contributed by atoms with Gasteiger partial charge in [0.05, 0.1) is 0 Å². The third-order valence-electron chi connectivity index (χ3n) is 3.89. The van der Waals surface area contributed by atoms with Gasteiger partial charge in [-0.1, -0.05) is 26.2 Å². The van der Waals surface area contributed by atoms with Crippen LogP contribution in [-0.2, 0) is 0 Å². The zero-order chi connectivity index (χ0) is 13.0. The second-order valence-corrected chi connectivity index (χ2v) is 5.26. The fourth-order valence-corrected chi connectivity index (χ4v) is 2.83. The second kappa shape index (κ2) is 5.98. The van der Waals surface area contributed by atoms with Gasteiger partial charge >= 0.3 is 5.69 Å². The zero-order valence-corrected chi connectivity index (χ0v) is 11.0. The first kappa shape index (κ1) is 13.1. The first-order chi connectivity index (χ1) is 8.69. The molecule has 2 rings (SSSR count). The smallest absolute Gasteiger partial charge is 0.349 e. The quantitative estimate of drug-likeness (QED) is 0.858. The summed E-state index contributed by atoms with van der Waals surface area (Å²) in [6, 6.07) is 0. The van der Waals surface area contributed by atoms with Gasteiger partial charge in [-0.05, 0) is 31.6 Å². The van der Waals surface area contributed by atoms with Gasteiger partial charge in [0.15, 0.2) is 0 Å². The van der Waals surface area contributed by atoms with Crippen molar-refractivity contribution >= 4 is 5.95 Å². The van der Waals surface area contributed by atoms with Gasteiger partial charge in [0.1, 0.15) is 5.82 Å². The lowest BCUT2D eigenvalue weighted by atomic mass is 9.79. The third kappa shape index (κ3) is 3.31. The van der Waals surface area contributed by atoms with E-state index in [1.807, 2.05) is 0 Å². The van der Waals surface area contributed by atoms with E-state index in [1.54, 1.807) is 0 Å². The Bertz CT molecular complexity index is 435. The highest BCUT2D eigenvalue weighted by Gasteiger charge is 2.23. The standard InChI is InChI=1S/C13H22N4O/c1-2-3-4-9-5-7-10(8-6-9)11-15-12(14)17-13(18)16-11/h9-10H,2-8H2,1H3,(H3,14,15,16,17,18). The Labute approximate surface area is 107 Å². The molecular weight excluding hydrogens is 228 g/mol. The van der Waals surface area contributed by atoms with Crippen molar-refractivity contribution in [2.75, 3.05) is 5.73 Å². The van der Waals surface area contributed by atoms with Crippen LogP contribution in [0.2, 0.25) is 0 Å². The van der Waals surface area contributed by atoms with E-state index in [1.165, 1.54) is 32.1 Å². The molecule has 1 aromatic rings. The molecule has 1 fully saturated rings. The highest BCUT2D eigenvalue weighted by atomic mass is 16.1. The van der Waals surface area contributed by atoms with Gasteiger partial charge in [-0.25, -0.2) is 4.79 Å². The van der Waals surface area contributed by atoms with Crippen LogP contribution < -0.4 is 11.4 Å².